The van der Waals surface area contributed by atoms with Crippen molar-refractivity contribution in [3.05, 3.63) is 71.8 Å². The number of anilines is 1. The van der Waals surface area contributed by atoms with Crippen LogP contribution in [0.15, 0.2) is 66.1 Å². The second-order valence-corrected chi connectivity index (χ2v) is 10.1. The van der Waals surface area contributed by atoms with Gasteiger partial charge in [-0.05, 0) is 50.1 Å². The lowest BCUT2D eigenvalue weighted by atomic mass is 10.2. The maximum Gasteiger partial charge on any atom is 0.340 e. The topological polar surface area (TPSA) is 92.8 Å². The highest BCUT2D eigenvalue weighted by Gasteiger charge is 2.28. The fourth-order valence-electron chi connectivity index (χ4n) is 3.67. The Kier molecular flexibility index (Phi) is 8.15. The molecule has 1 fully saturated rings. The van der Waals surface area contributed by atoms with Gasteiger partial charge >= 0.3 is 5.97 Å². The van der Waals surface area contributed by atoms with Gasteiger partial charge in [0.15, 0.2) is 6.10 Å². The van der Waals surface area contributed by atoms with E-state index in [1.165, 1.54) is 35.5 Å². The van der Waals surface area contributed by atoms with Crippen molar-refractivity contribution >= 4 is 39.2 Å². The molecular formula is C24H27ClN2O5S. The molecule has 1 N–H and O–H groups in total. The molecule has 0 bridgehead atoms. The smallest absolute Gasteiger partial charge is 0.340 e. The van der Waals surface area contributed by atoms with E-state index in [1.54, 1.807) is 30.3 Å². The van der Waals surface area contributed by atoms with Crippen LogP contribution in [0.4, 0.5) is 5.69 Å². The van der Waals surface area contributed by atoms with Crippen molar-refractivity contribution in [2.24, 2.45) is 0 Å². The van der Waals surface area contributed by atoms with Crippen LogP contribution in [0.1, 0.15) is 43.0 Å². The predicted molar refractivity (Wildman–Crippen MR) is 128 cm³/mol. The second-order valence-electron chi connectivity index (χ2n) is 7.84. The number of hydrogen-bond acceptors (Lipinski definition) is 5. The SMILES string of the molecule is C=CCN(c1ccccc1)S(=O)(=O)c1ccc(Cl)c(C(=O)OC(C)C(=O)NC2CCCC2)c1. The molecule has 33 heavy (non-hydrogen) atoms. The Hall–Kier alpha value is -2.84. The Bertz CT molecular complexity index is 1110. The Morgan fingerprint density at radius 2 is 1.88 bits per heavy atom. The highest BCUT2D eigenvalue weighted by molar-refractivity contribution is 7.92. The number of nitrogens with zero attached hydrogens (tertiary/aromatic N) is 1. The first-order chi connectivity index (χ1) is 15.7. The first-order valence-electron chi connectivity index (χ1n) is 10.7. The van der Waals surface area contributed by atoms with Crippen molar-refractivity contribution in [3.63, 3.8) is 0 Å². The number of rotatable bonds is 9. The third-order valence-corrected chi connectivity index (χ3v) is 7.56. The van der Waals surface area contributed by atoms with Crippen LogP contribution >= 0.6 is 11.6 Å². The van der Waals surface area contributed by atoms with Crippen LogP contribution in [-0.2, 0) is 19.6 Å². The number of ether oxygens (including phenoxy) is 1. The minimum atomic E-state index is -4.03. The molecule has 1 amide bonds. The highest BCUT2D eigenvalue weighted by Crippen LogP contribution is 2.27. The van der Waals surface area contributed by atoms with E-state index in [2.05, 4.69) is 11.9 Å². The van der Waals surface area contributed by atoms with E-state index in [9.17, 15) is 18.0 Å². The van der Waals surface area contributed by atoms with Crippen molar-refractivity contribution < 1.29 is 22.7 Å². The second kappa shape index (κ2) is 10.9. The molecule has 0 aromatic heterocycles. The summed E-state index contributed by atoms with van der Waals surface area (Å²) in [6, 6.07) is 12.5. The molecule has 3 rings (SSSR count). The molecule has 1 unspecified atom stereocenters. The van der Waals surface area contributed by atoms with Crippen molar-refractivity contribution in [2.45, 2.75) is 49.6 Å². The number of benzene rings is 2. The van der Waals surface area contributed by atoms with Gasteiger partial charge in [-0.3, -0.25) is 9.10 Å². The monoisotopic (exact) mass is 490 g/mol. The summed E-state index contributed by atoms with van der Waals surface area (Å²) in [6.07, 6.45) is 4.35. The van der Waals surface area contributed by atoms with Crippen molar-refractivity contribution in [1.82, 2.24) is 5.32 Å². The summed E-state index contributed by atoms with van der Waals surface area (Å²) >= 11 is 6.17. The van der Waals surface area contributed by atoms with E-state index in [4.69, 9.17) is 16.3 Å². The summed E-state index contributed by atoms with van der Waals surface area (Å²) in [5.41, 5.74) is 0.318. The first-order valence-corrected chi connectivity index (χ1v) is 12.6. The fraction of sp³-hybridized carbons (Fsp3) is 0.333. The molecule has 0 aliphatic heterocycles. The predicted octanol–water partition coefficient (Wildman–Crippen LogP) is 4.33. The standard InChI is InChI=1S/C24H27ClN2O5S/c1-3-15-27(19-11-5-4-6-12-19)33(30,31)20-13-14-22(25)21(16-20)24(29)32-17(2)23(28)26-18-9-7-8-10-18/h3-6,11-14,16-18H,1,7-10,15H2,2H3,(H,26,28). The van der Waals surface area contributed by atoms with Crippen LogP contribution in [0.2, 0.25) is 5.02 Å². The van der Waals surface area contributed by atoms with Crippen molar-refractivity contribution in [2.75, 3.05) is 10.8 Å². The van der Waals surface area contributed by atoms with Crippen LogP contribution < -0.4 is 9.62 Å². The van der Waals surface area contributed by atoms with Crippen LogP contribution in [0.25, 0.3) is 0 Å². The molecule has 0 spiro atoms. The Morgan fingerprint density at radius 1 is 1.21 bits per heavy atom. The molecule has 176 valence electrons. The van der Waals surface area contributed by atoms with Gasteiger partial charge in [-0.15, -0.1) is 6.58 Å². The molecule has 1 aliphatic rings. The van der Waals surface area contributed by atoms with Crippen LogP contribution in [0.5, 0.6) is 0 Å². The van der Waals surface area contributed by atoms with Crippen molar-refractivity contribution in [1.29, 1.82) is 0 Å². The van der Waals surface area contributed by atoms with E-state index >= 15 is 0 Å². The fourth-order valence-corrected chi connectivity index (χ4v) is 5.33. The lowest BCUT2D eigenvalue weighted by Gasteiger charge is -2.23. The Balaban J connectivity index is 1.82. The van der Waals surface area contributed by atoms with E-state index in [0.29, 0.717) is 5.69 Å². The first kappa shape index (κ1) is 24.8. The number of amides is 1. The summed E-state index contributed by atoms with van der Waals surface area (Å²) in [5, 5.41) is 2.90. The summed E-state index contributed by atoms with van der Waals surface area (Å²) < 4.78 is 33.2. The van der Waals surface area contributed by atoms with Crippen LogP contribution in [0, 0.1) is 0 Å². The van der Waals surface area contributed by atoms with Gasteiger partial charge in [0.25, 0.3) is 15.9 Å². The molecule has 1 saturated carbocycles. The summed E-state index contributed by atoms with van der Waals surface area (Å²) in [4.78, 5) is 25.0. The third-order valence-electron chi connectivity index (χ3n) is 5.44. The van der Waals surface area contributed by atoms with Gasteiger partial charge < -0.3 is 10.1 Å². The van der Waals surface area contributed by atoms with Gasteiger partial charge in [0.2, 0.25) is 0 Å². The lowest BCUT2D eigenvalue weighted by Crippen LogP contribution is -2.40. The zero-order chi connectivity index (χ0) is 24.0. The summed E-state index contributed by atoms with van der Waals surface area (Å²) in [6.45, 7) is 5.14. The van der Waals surface area contributed by atoms with Crippen molar-refractivity contribution in [3.8, 4) is 0 Å². The van der Waals surface area contributed by atoms with Gasteiger partial charge in [0.05, 0.1) is 27.7 Å². The molecule has 1 atom stereocenters. The maximum atomic E-state index is 13.4. The lowest BCUT2D eigenvalue weighted by molar-refractivity contribution is -0.129. The van der Waals surface area contributed by atoms with E-state index in [1.807, 2.05) is 0 Å². The minimum Gasteiger partial charge on any atom is -0.449 e. The number of sulfonamides is 1. The molecule has 0 saturated heterocycles. The number of halogens is 1. The molecule has 0 heterocycles. The molecular weight excluding hydrogens is 464 g/mol. The number of hydrogen-bond donors (Lipinski definition) is 1. The summed E-state index contributed by atoms with van der Waals surface area (Å²) in [5.74, 6) is -1.27. The number of carbonyl (C=O) groups is 2. The van der Waals surface area contributed by atoms with Gasteiger partial charge in [-0.1, -0.05) is 48.7 Å². The Labute approximate surface area is 199 Å². The number of para-hydroxylation sites is 1. The quantitative estimate of drug-likeness (QED) is 0.417. The average Bonchev–Trinajstić information content (AvgIpc) is 3.31. The van der Waals surface area contributed by atoms with Crippen LogP contribution in [-0.4, -0.2) is 39.0 Å². The molecule has 7 nitrogen and oxygen atoms in total. The number of esters is 1. The number of carbonyl (C=O) groups excluding carboxylic acids is 2. The minimum absolute atomic E-state index is 0.0253. The highest BCUT2D eigenvalue weighted by atomic mass is 35.5. The summed E-state index contributed by atoms with van der Waals surface area (Å²) in [7, 11) is -4.03. The number of nitrogens with one attached hydrogen (secondary N) is 1. The average molecular weight is 491 g/mol. The molecule has 9 heteroatoms. The van der Waals surface area contributed by atoms with Gasteiger partial charge in [0, 0.05) is 6.04 Å². The van der Waals surface area contributed by atoms with Crippen LogP contribution in [0.3, 0.4) is 0 Å². The molecule has 2 aromatic rings. The maximum absolute atomic E-state index is 13.4. The molecule has 0 radical (unpaired) electrons. The third kappa shape index (κ3) is 5.94. The van der Waals surface area contributed by atoms with Gasteiger partial charge in [0.1, 0.15) is 0 Å². The van der Waals surface area contributed by atoms with Gasteiger partial charge in [-0.25, -0.2) is 13.2 Å². The van der Waals surface area contributed by atoms with E-state index in [-0.39, 0.29) is 28.1 Å². The zero-order valence-corrected chi connectivity index (χ0v) is 19.9. The Morgan fingerprint density at radius 3 is 2.52 bits per heavy atom. The zero-order valence-electron chi connectivity index (χ0n) is 18.4. The van der Waals surface area contributed by atoms with E-state index in [0.717, 1.165) is 25.7 Å². The normalized spacial score (nSPS) is 15.0. The molecule has 1 aliphatic carbocycles. The van der Waals surface area contributed by atoms with E-state index < -0.39 is 28.0 Å². The molecule has 2 aromatic carbocycles. The largest absolute Gasteiger partial charge is 0.449 e. The van der Waals surface area contributed by atoms with Gasteiger partial charge in [-0.2, -0.15) is 0 Å².